The van der Waals surface area contributed by atoms with E-state index in [0.717, 1.165) is 31.9 Å². The predicted molar refractivity (Wildman–Crippen MR) is 237 cm³/mol. The van der Waals surface area contributed by atoms with Crippen molar-refractivity contribution in [2.75, 3.05) is 31.1 Å². The fourth-order valence-corrected chi connectivity index (χ4v) is 7.24. The Morgan fingerprint density at radius 1 is 0.841 bits per heavy atom. The lowest BCUT2D eigenvalue weighted by Crippen LogP contribution is -2.45. The van der Waals surface area contributed by atoms with E-state index in [9.17, 15) is 14.4 Å². The van der Waals surface area contributed by atoms with Crippen molar-refractivity contribution in [2.24, 2.45) is 0 Å². The van der Waals surface area contributed by atoms with Gasteiger partial charge >= 0.3 is 6.03 Å². The Balaban J connectivity index is 1.25. The molecule has 4 amide bonds. The average molecular weight is 855 g/mol. The summed E-state index contributed by atoms with van der Waals surface area (Å²) in [6, 6.07) is 32.8. The largest absolute Gasteiger partial charge is 0.495 e. The summed E-state index contributed by atoms with van der Waals surface area (Å²) in [5.74, 6) is -0.482. The van der Waals surface area contributed by atoms with Crippen LogP contribution in [0.2, 0.25) is 0 Å². The summed E-state index contributed by atoms with van der Waals surface area (Å²) < 4.78 is 31.0. The Hall–Kier alpha value is -7.23. The number of amides is 4. The number of para-hydroxylation sites is 2. The summed E-state index contributed by atoms with van der Waals surface area (Å²) in [7, 11) is 1.44. The highest BCUT2D eigenvalue weighted by molar-refractivity contribution is 6.09. The molecule has 1 aliphatic rings. The smallest absolute Gasteiger partial charge is 0.330 e. The highest BCUT2D eigenvalue weighted by Gasteiger charge is 2.52. The monoisotopic (exact) mass is 854 g/mol. The highest BCUT2D eigenvalue weighted by atomic mass is 16.7. The van der Waals surface area contributed by atoms with Gasteiger partial charge in [-0.25, -0.2) is 14.7 Å². The third kappa shape index (κ3) is 9.96. The summed E-state index contributed by atoms with van der Waals surface area (Å²) in [5.41, 5.74) is 3.26. The molecule has 1 aromatic heterocycles. The summed E-state index contributed by atoms with van der Waals surface area (Å²) in [6.45, 7) is 7.37. The van der Waals surface area contributed by atoms with Gasteiger partial charge in [0.05, 0.1) is 30.2 Å². The fraction of sp³-hybridized carbons (Fsp3) is 0.271. The second-order valence-corrected chi connectivity index (χ2v) is 14.7. The molecule has 5 aromatic carbocycles. The van der Waals surface area contributed by atoms with Crippen LogP contribution in [-0.2, 0) is 32.3 Å². The Labute approximate surface area is 365 Å². The van der Waals surface area contributed by atoms with Crippen molar-refractivity contribution in [3.63, 3.8) is 0 Å². The average Bonchev–Trinajstić information content (AvgIpc) is 3.51. The number of hydrogen-bond acceptors (Lipinski definition) is 11. The molecule has 0 saturated carbocycles. The van der Waals surface area contributed by atoms with Crippen LogP contribution in [0.1, 0.15) is 48.8 Å². The molecule has 0 radical (unpaired) electrons. The molecule has 2 heterocycles. The van der Waals surface area contributed by atoms with Crippen LogP contribution in [0.15, 0.2) is 126 Å². The molecule has 7 rings (SSSR count). The zero-order chi connectivity index (χ0) is 44.5. The quantitative estimate of drug-likeness (QED) is 0.0605. The lowest BCUT2D eigenvalue weighted by atomic mass is 10.1. The molecule has 6 aromatic rings. The molecule has 1 saturated heterocycles. The van der Waals surface area contributed by atoms with E-state index >= 15 is 4.79 Å². The SMILES string of the molecule is CCOC1C(=O)N(C(C(=O)Nc2cc(NCOC(CC)Oc3ccc(C)cc3C)ccc2OC)c2nc3ccccc3c(=O)n2COc2ccccc2)C(=O)N1Cc1ccccc1. The number of nitrogens with one attached hydrogen (secondary N) is 2. The molecule has 0 spiro atoms. The minimum atomic E-state index is -1.82. The molecule has 326 valence electrons. The number of fused-ring (bicyclic) bond motifs is 1. The van der Waals surface area contributed by atoms with E-state index in [1.165, 1.54) is 12.0 Å². The zero-order valence-electron chi connectivity index (χ0n) is 35.8. The number of aromatic nitrogens is 2. The van der Waals surface area contributed by atoms with Gasteiger partial charge in [-0.05, 0) is 80.4 Å². The molecular weight excluding hydrogens is 805 g/mol. The van der Waals surface area contributed by atoms with E-state index in [2.05, 4.69) is 10.6 Å². The van der Waals surface area contributed by atoms with Gasteiger partial charge in [-0.3, -0.25) is 23.9 Å². The number of nitrogens with zero attached hydrogens (tertiary/aromatic N) is 4. The number of hydrogen-bond donors (Lipinski definition) is 2. The molecule has 15 heteroatoms. The van der Waals surface area contributed by atoms with Gasteiger partial charge in [0.1, 0.15) is 29.8 Å². The third-order valence-electron chi connectivity index (χ3n) is 10.4. The number of benzene rings is 5. The van der Waals surface area contributed by atoms with E-state index in [-0.39, 0.29) is 48.0 Å². The van der Waals surface area contributed by atoms with Gasteiger partial charge in [-0.1, -0.05) is 85.3 Å². The van der Waals surface area contributed by atoms with E-state index in [0.29, 0.717) is 17.9 Å². The first kappa shape index (κ1) is 43.8. The lowest BCUT2D eigenvalue weighted by Gasteiger charge is -2.27. The maximum atomic E-state index is 15.1. The normalized spacial score (nSPS) is 14.7. The maximum absolute atomic E-state index is 15.1. The van der Waals surface area contributed by atoms with Crippen LogP contribution in [0.3, 0.4) is 0 Å². The van der Waals surface area contributed by atoms with Gasteiger partial charge in [-0.2, -0.15) is 0 Å². The van der Waals surface area contributed by atoms with Gasteiger partial charge in [-0.15, -0.1) is 0 Å². The molecule has 3 unspecified atom stereocenters. The maximum Gasteiger partial charge on any atom is 0.330 e. The number of carbonyl (C=O) groups excluding carboxylic acids is 3. The second kappa shape index (κ2) is 20.1. The summed E-state index contributed by atoms with van der Waals surface area (Å²) >= 11 is 0. The van der Waals surface area contributed by atoms with Crippen molar-refractivity contribution < 1.29 is 38.1 Å². The molecule has 15 nitrogen and oxygen atoms in total. The molecule has 3 atom stereocenters. The van der Waals surface area contributed by atoms with Crippen LogP contribution >= 0.6 is 0 Å². The van der Waals surface area contributed by atoms with E-state index in [1.54, 1.807) is 73.7 Å². The number of methoxy groups -OCH3 is 1. The van der Waals surface area contributed by atoms with Gasteiger partial charge in [0.25, 0.3) is 17.4 Å². The molecule has 1 fully saturated rings. The van der Waals surface area contributed by atoms with Crippen molar-refractivity contribution in [3.05, 3.63) is 154 Å². The number of aryl methyl sites for hydroxylation is 2. The minimum Gasteiger partial charge on any atom is -0.495 e. The van der Waals surface area contributed by atoms with E-state index < -0.39 is 48.7 Å². The number of ether oxygens (including phenoxy) is 5. The summed E-state index contributed by atoms with van der Waals surface area (Å²) in [4.78, 5) is 65.7. The molecule has 0 aliphatic carbocycles. The Morgan fingerprint density at radius 3 is 2.27 bits per heavy atom. The lowest BCUT2D eigenvalue weighted by molar-refractivity contribution is -0.145. The van der Waals surface area contributed by atoms with Crippen LogP contribution in [0.5, 0.6) is 17.2 Å². The van der Waals surface area contributed by atoms with Gasteiger partial charge < -0.3 is 34.3 Å². The molecule has 63 heavy (non-hydrogen) atoms. The Kier molecular flexibility index (Phi) is 14.0. The molecule has 0 bridgehead atoms. The fourth-order valence-electron chi connectivity index (χ4n) is 7.24. The van der Waals surface area contributed by atoms with Crippen LogP contribution < -0.4 is 30.4 Å². The molecule has 2 N–H and O–H groups in total. The Bertz CT molecular complexity index is 2620. The Morgan fingerprint density at radius 2 is 1.56 bits per heavy atom. The van der Waals surface area contributed by atoms with Crippen LogP contribution in [-0.4, -0.2) is 70.2 Å². The van der Waals surface area contributed by atoms with Crippen LogP contribution in [0.4, 0.5) is 16.2 Å². The van der Waals surface area contributed by atoms with Crippen LogP contribution in [0.25, 0.3) is 10.9 Å². The number of carbonyl (C=O) groups is 3. The summed E-state index contributed by atoms with van der Waals surface area (Å²) in [6.07, 6.45) is -1.36. The zero-order valence-corrected chi connectivity index (χ0v) is 35.8. The first-order chi connectivity index (χ1) is 30.6. The van der Waals surface area contributed by atoms with E-state index in [4.69, 9.17) is 28.7 Å². The van der Waals surface area contributed by atoms with Crippen molar-refractivity contribution in [1.29, 1.82) is 0 Å². The first-order valence-electron chi connectivity index (χ1n) is 20.6. The number of rotatable bonds is 19. The molecular formula is C48H50N6O9. The van der Waals surface area contributed by atoms with E-state index in [1.807, 2.05) is 75.4 Å². The van der Waals surface area contributed by atoms with Gasteiger partial charge in [0.15, 0.2) is 12.8 Å². The van der Waals surface area contributed by atoms with Crippen LogP contribution in [0, 0.1) is 13.8 Å². The minimum absolute atomic E-state index is 0.00580. The molecule has 1 aliphatic heterocycles. The highest BCUT2D eigenvalue weighted by Crippen LogP contribution is 2.34. The number of imide groups is 1. The van der Waals surface area contributed by atoms with Gasteiger partial charge in [0.2, 0.25) is 12.5 Å². The first-order valence-corrected chi connectivity index (χ1v) is 20.6. The standard InChI is InChI=1S/C48H50N6O9/c1-6-41(63-39-24-22-31(3)26-32(39)4)61-29-49-34-23-25-40(59-5)38(27-34)51-44(55)42(54-46(57)47(60-7-2)52(48(54)58)28-33-16-10-8-11-17-33)43-50-37-21-15-14-20-36(37)45(56)53(43)30-62-35-18-12-9-13-19-35/h8-27,41-42,47,49H,6-7,28-30H2,1-5H3,(H,51,55). The van der Waals surface area contributed by atoms with Crippen molar-refractivity contribution in [3.8, 4) is 17.2 Å². The van der Waals surface area contributed by atoms with Crippen molar-refractivity contribution in [1.82, 2.24) is 19.4 Å². The summed E-state index contributed by atoms with van der Waals surface area (Å²) in [5, 5.41) is 6.33. The van der Waals surface area contributed by atoms with Crippen molar-refractivity contribution >= 4 is 40.1 Å². The third-order valence-corrected chi connectivity index (χ3v) is 10.4. The van der Waals surface area contributed by atoms with Crippen molar-refractivity contribution in [2.45, 2.75) is 66.0 Å². The number of urea groups is 1. The predicted octanol–water partition coefficient (Wildman–Crippen LogP) is 7.77. The second-order valence-electron chi connectivity index (χ2n) is 14.7. The number of anilines is 2. The van der Waals surface area contributed by atoms with Gasteiger partial charge in [0, 0.05) is 18.7 Å². The topological polar surface area (TPSA) is 163 Å².